The predicted molar refractivity (Wildman–Crippen MR) is 114 cm³/mol. The Morgan fingerprint density at radius 2 is 1.97 bits per heavy atom. The van der Waals surface area contributed by atoms with E-state index in [0.717, 1.165) is 18.4 Å². The van der Waals surface area contributed by atoms with E-state index in [9.17, 15) is 13.2 Å². The zero-order valence-corrected chi connectivity index (χ0v) is 18.3. The minimum absolute atomic E-state index is 0.0408. The maximum absolute atomic E-state index is 12.7. The van der Waals surface area contributed by atoms with Crippen molar-refractivity contribution < 1.29 is 27.4 Å². The van der Waals surface area contributed by atoms with E-state index in [1.54, 1.807) is 6.07 Å². The van der Waals surface area contributed by atoms with Gasteiger partial charge in [0.2, 0.25) is 10.0 Å². The lowest BCUT2D eigenvalue weighted by molar-refractivity contribution is 0.0949. The highest BCUT2D eigenvalue weighted by molar-refractivity contribution is 7.89. The van der Waals surface area contributed by atoms with Crippen molar-refractivity contribution in [1.29, 1.82) is 0 Å². The number of carbonyl (C=O) groups is 1. The Morgan fingerprint density at radius 1 is 1.13 bits per heavy atom. The SMILES string of the molecule is O=C(NCc1cccc2c1OCCO2)c1ccc(Cl)c(S(=O)(=O)NCC2CCCO2)c1. The number of fused-ring (bicyclic) bond motifs is 1. The molecule has 4 rings (SSSR count). The molecule has 1 fully saturated rings. The van der Waals surface area contributed by atoms with E-state index in [1.807, 2.05) is 12.1 Å². The van der Waals surface area contributed by atoms with Crippen LogP contribution in [0, 0.1) is 0 Å². The molecule has 8 nitrogen and oxygen atoms in total. The maximum atomic E-state index is 12.7. The summed E-state index contributed by atoms with van der Waals surface area (Å²) in [6.45, 7) is 1.91. The topological polar surface area (TPSA) is 103 Å². The van der Waals surface area contributed by atoms with Crippen molar-refractivity contribution in [3.05, 3.63) is 52.5 Å². The standard InChI is InChI=1S/C21H23ClN2O6S/c22-17-7-6-14(11-19(17)31(26,27)24-13-16-4-2-8-28-16)21(25)23-12-15-3-1-5-18-20(15)30-10-9-29-18/h1,3,5-7,11,16,24H,2,4,8-10,12-13H2,(H,23,25). The molecule has 166 valence electrons. The highest BCUT2D eigenvalue weighted by Gasteiger charge is 2.24. The molecule has 0 saturated carbocycles. The second-order valence-electron chi connectivity index (χ2n) is 7.26. The zero-order valence-electron chi connectivity index (χ0n) is 16.7. The van der Waals surface area contributed by atoms with Crippen molar-refractivity contribution >= 4 is 27.5 Å². The number of nitrogens with one attached hydrogen (secondary N) is 2. The second kappa shape index (κ2) is 9.44. The average Bonchev–Trinajstić information content (AvgIpc) is 3.30. The van der Waals surface area contributed by atoms with E-state index < -0.39 is 15.9 Å². The molecule has 2 aliphatic rings. The summed E-state index contributed by atoms with van der Waals surface area (Å²) >= 11 is 6.12. The van der Waals surface area contributed by atoms with Crippen LogP contribution < -0.4 is 19.5 Å². The molecule has 2 aromatic carbocycles. The van der Waals surface area contributed by atoms with Gasteiger partial charge in [-0.2, -0.15) is 0 Å². The van der Waals surface area contributed by atoms with E-state index in [2.05, 4.69) is 10.0 Å². The molecule has 1 unspecified atom stereocenters. The summed E-state index contributed by atoms with van der Waals surface area (Å²) in [6.07, 6.45) is 1.56. The van der Waals surface area contributed by atoms with Crippen LogP contribution in [0.5, 0.6) is 11.5 Å². The van der Waals surface area contributed by atoms with Crippen molar-refractivity contribution in [2.45, 2.75) is 30.4 Å². The monoisotopic (exact) mass is 466 g/mol. The van der Waals surface area contributed by atoms with Crippen LogP contribution in [-0.2, 0) is 21.3 Å². The van der Waals surface area contributed by atoms with Crippen LogP contribution in [0.2, 0.25) is 5.02 Å². The molecule has 0 aromatic heterocycles. The molecule has 2 aromatic rings. The van der Waals surface area contributed by atoms with Gasteiger partial charge < -0.3 is 19.5 Å². The number of benzene rings is 2. The van der Waals surface area contributed by atoms with Gasteiger partial charge in [0, 0.05) is 30.8 Å². The Balaban J connectivity index is 1.45. The van der Waals surface area contributed by atoms with E-state index in [-0.39, 0.29) is 34.7 Å². The zero-order chi connectivity index (χ0) is 21.8. The molecule has 2 heterocycles. The van der Waals surface area contributed by atoms with Crippen LogP contribution in [0.25, 0.3) is 0 Å². The van der Waals surface area contributed by atoms with Gasteiger partial charge in [0.05, 0.1) is 11.1 Å². The van der Waals surface area contributed by atoms with Crippen molar-refractivity contribution in [2.24, 2.45) is 0 Å². The van der Waals surface area contributed by atoms with Gasteiger partial charge in [-0.05, 0) is 37.1 Å². The van der Waals surface area contributed by atoms with Crippen molar-refractivity contribution in [3.63, 3.8) is 0 Å². The Bertz CT molecular complexity index is 1070. The molecule has 0 radical (unpaired) electrons. The largest absolute Gasteiger partial charge is 0.486 e. The van der Waals surface area contributed by atoms with E-state index in [1.165, 1.54) is 18.2 Å². The minimum atomic E-state index is -3.89. The predicted octanol–water partition coefficient (Wildman–Crippen LogP) is 2.50. The molecule has 1 saturated heterocycles. The summed E-state index contributed by atoms with van der Waals surface area (Å²) in [6, 6.07) is 9.62. The van der Waals surface area contributed by atoms with Gasteiger partial charge in [-0.15, -0.1) is 0 Å². The summed E-state index contributed by atoms with van der Waals surface area (Å²) in [5, 5.41) is 2.83. The molecule has 0 bridgehead atoms. The molecule has 0 aliphatic carbocycles. The van der Waals surface area contributed by atoms with E-state index in [0.29, 0.717) is 31.3 Å². The third-order valence-electron chi connectivity index (χ3n) is 5.10. The third-order valence-corrected chi connectivity index (χ3v) is 7.00. The molecule has 10 heteroatoms. The van der Waals surface area contributed by atoms with Crippen molar-refractivity contribution in [2.75, 3.05) is 26.4 Å². The van der Waals surface area contributed by atoms with Gasteiger partial charge in [-0.25, -0.2) is 13.1 Å². The number of hydrogen-bond acceptors (Lipinski definition) is 6. The molecule has 2 aliphatic heterocycles. The minimum Gasteiger partial charge on any atom is -0.486 e. The number of amides is 1. The van der Waals surface area contributed by atoms with Gasteiger partial charge >= 0.3 is 0 Å². The summed E-state index contributed by atoms with van der Waals surface area (Å²) in [5.41, 5.74) is 0.953. The normalized spacial score (nSPS) is 18.0. The van der Waals surface area contributed by atoms with Crippen LogP contribution in [0.4, 0.5) is 0 Å². The molecular formula is C21H23ClN2O6S. The molecule has 1 amide bonds. The van der Waals surface area contributed by atoms with Gasteiger partial charge in [0.15, 0.2) is 11.5 Å². The quantitative estimate of drug-likeness (QED) is 0.650. The summed E-state index contributed by atoms with van der Waals surface area (Å²) in [4.78, 5) is 12.5. The maximum Gasteiger partial charge on any atom is 0.251 e. The van der Waals surface area contributed by atoms with Gasteiger partial charge in [-0.1, -0.05) is 23.7 Å². The fraction of sp³-hybridized carbons (Fsp3) is 0.381. The molecular weight excluding hydrogens is 444 g/mol. The number of ether oxygens (including phenoxy) is 3. The Hall–Kier alpha value is -2.33. The van der Waals surface area contributed by atoms with Gasteiger partial charge in [0.1, 0.15) is 18.1 Å². The fourth-order valence-corrected chi connectivity index (χ4v) is 5.08. The molecule has 1 atom stereocenters. The number of hydrogen-bond donors (Lipinski definition) is 2. The number of para-hydroxylation sites is 1. The number of sulfonamides is 1. The average molecular weight is 467 g/mol. The lowest BCUT2D eigenvalue weighted by Crippen LogP contribution is -2.32. The van der Waals surface area contributed by atoms with E-state index in [4.69, 9.17) is 25.8 Å². The molecule has 0 spiro atoms. The molecule has 31 heavy (non-hydrogen) atoms. The number of rotatable bonds is 7. The summed E-state index contributed by atoms with van der Waals surface area (Å²) in [5.74, 6) is 0.809. The summed E-state index contributed by atoms with van der Waals surface area (Å²) in [7, 11) is -3.89. The smallest absolute Gasteiger partial charge is 0.251 e. The van der Waals surface area contributed by atoms with Crippen molar-refractivity contribution in [3.8, 4) is 11.5 Å². The Kier molecular flexibility index (Phi) is 6.66. The van der Waals surface area contributed by atoms with Crippen LogP contribution in [0.15, 0.2) is 41.3 Å². The number of carbonyl (C=O) groups excluding carboxylic acids is 1. The first-order valence-corrected chi connectivity index (χ1v) is 11.9. The first kappa shape index (κ1) is 21.9. The van der Waals surface area contributed by atoms with Crippen LogP contribution in [-0.4, -0.2) is 46.8 Å². The second-order valence-corrected chi connectivity index (χ2v) is 9.40. The Morgan fingerprint density at radius 3 is 2.77 bits per heavy atom. The highest BCUT2D eigenvalue weighted by atomic mass is 35.5. The lowest BCUT2D eigenvalue weighted by atomic mass is 10.1. The van der Waals surface area contributed by atoms with Crippen LogP contribution in [0.3, 0.4) is 0 Å². The first-order valence-electron chi connectivity index (χ1n) is 10.0. The Labute approximate surface area is 185 Å². The fourth-order valence-electron chi connectivity index (χ4n) is 3.49. The summed E-state index contributed by atoms with van der Waals surface area (Å²) < 4.78 is 44.6. The third kappa shape index (κ3) is 5.12. The first-order chi connectivity index (χ1) is 14.9. The number of halogens is 1. The van der Waals surface area contributed by atoms with Crippen molar-refractivity contribution in [1.82, 2.24) is 10.0 Å². The van der Waals surface area contributed by atoms with E-state index >= 15 is 0 Å². The van der Waals surface area contributed by atoms with Gasteiger partial charge in [0.25, 0.3) is 5.91 Å². The van der Waals surface area contributed by atoms with Gasteiger partial charge in [-0.3, -0.25) is 4.79 Å². The molecule has 2 N–H and O–H groups in total. The van der Waals surface area contributed by atoms with Crippen LogP contribution >= 0.6 is 11.6 Å². The highest BCUT2D eigenvalue weighted by Crippen LogP contribution is 2.33. The lowest BCUT2D eigenvalue weighted by Gasteiger charge is -2.21. The van der Waals surface area contributed by atoms with Crippen LogP contribution in [0.1, 0.15) is 28.8 Å².